The molecule has 0 aliphatic rings. The first kappa shape index (κ1) is 29.0. The van der Waals surface area contributed by atoms with E-state index in [0.29, 0.717) is 17.9 Å². The Hall–Kier alpha value is -5.06. The summed E-state index contributed by atoms with van der Waals surface area (Å²) in [6.45, 7) is 2.03. The van der Waals surface area contributed by atoms with Crippen molar-refractivity contribution in [2.75, 3.05) is 6.61 Å². The lowest BCUT2D eigenvalue weighted by atomic mass is 10.1. The number of benzene rings is 5. The lowest BCUT2D eigenvalue weighted by molar-refractivity contribution is -0.355. The zero-order chi connectivity index (χ0) is 30.2. The minimum atomic E-state index is -2.71. The SMILES string of the molecule is CCO/C([O-])=C(/C(c1ccccc1)[P+](c1ccccc1)(c1ccccc1)c1ccccc1)n1nnc(Cc2ccccc2)n1. The predicted molar refractivity (Wildman–Crippen MR) is 176 cm³/mol. The smallest absolute Gasteiger partial charge is 0.179 e. The van der Waals surface area contributed by atoms with Crippen LogP contribution in [0.5, 0.6) is 0 Å². The Morgan fingerprint density at radius 2 is 1.14 bits per heavy atom. The number of hydrogen-bond donors (Lipinski definition) is 0. The highest BCUT2D eigenvalue weighted by Gasteiger charge is 2.56. The van der Waals surface area contributed by atoms with E-state index in [2.05, 4.69) is 95.2 Å². The third-order valence-electron chi connectivity index (χ3n) is 7.61. The standard InChI is InChI=1S/C37H33N4O2P/c1-2-43-37(42)35(41-39-34(38-40-41)28-29-18-8-3-9-19-29)36(30-20-10-4-11-21-30)44(31-22-12-5-13-23-31,32-24-14-6-15-25-32)33-26-16-7-17-27-33/h3-27,36H,2,28H2,1H3/b37-35-. The summed E-state index contributed by atoms with van der Waals surface area (Å²) in [5, 5.41) is 31.4. The Morgan fingerprint density at radius 3 is 1.61 bits per heavy atom. The molecule has 0 fully saturated rings. The van der Waals surface area contributed by atoms with Gasteiger partial charge >= 0.3 is 0 Å². The highest BCUT2D eigenvalue weighted by molar-refractivity contribution is 7.96. The van der Waals surface area contributed by atoms with E-state index in [1.165, 1.54) is 4.80 Å². The maximum absolute atomic E-state index is 14.3. The monoisotopic (exact) mass is 596 g/mol. The zero-order valence-corrected chi connectivity index (χ0v) is 25.4. The van der Waals surface area contributed by atoms with E-state index < -0.39 is 18.9 Å². The summed E-state index contributed by atoms with van der Waals surface area (Å²) in [6, 6.07) is 51.6. The second-order valence-corrected chi connectivity index (χ2v) is 13.8. The van der Waals surface area contributed by atoms with Crippen LogP contribution in [-0.4, -0.2) is 26.8 Å². The second kappa shape index (κ2) is 13.5. The maximum atomic E-state index is 14.3. The number of hydrogen-bond acceptors (Lipinski definition) is 5. The molecule has 0 saturated heterocycles. The van der Waals surface area contributed by atoms with Crippen molar-refractivity contribution in [2.45, 2.75) is 19.0 Å². The molecule has 0 bridgehead atoms. The molecular formula is C37H33N4O2P. The number of tetrazole rings is 1. The first-order chi connectivity index (χ1) is 21.7. The highest BCUT2D eigenvalue weighted by Crippen LogP contribution is 2.69. The van der Waals surface area contributed by atoms with Crippen LogP contribution in [0.2, 0.25) is 0 Å². The van der Waals surface area contributed by atoms with Crippen molar-refractivity contribution in [3.63, 3.8) is 0 Å². The molecule has 0 amide bonds. The van der Waals surface area contributed by atoms with Crippen LogP contribution in [0.15, 0.2) is 158 Å². The van der Waals surface area contributed by atoms with Gasteiger partial charge in [0, 0.05) is 6.42 Å². The van der Waals surface area contributed by atoms with Crippen LogP contribution in [0.3, 0.4) is 0 Å². The van der Waals surface area contributed by atoms with Gasteiger partial charge in [-0.05, 0) is 59.3 Å². The molecule has 0 aliphatic heterocycles. The van der Waals surface area contributed by atoms with Crippen LogP contribution in [0, 0.1) is 0 Å². The van der Waals surface area contributed by atoms with Crippen molar-refractivity contribution in [3.8, 4) is 0 Å². The van der Waals surface area contributed by atoms with Gasteiger partial charge in [-0.1, -0.05) is 122 Å². The summed E-state index contributed by atoms with van der Waals surface area (Å²) in [7, 11) is -2.71. The van der Waals surface area contributed by atoms with Gasteiger partial charge in [0.15, 0.2) is 11.5 Å². The summed E-state index contributed by atoms with van der Waals surface area (Å²) >= 11 is 0. The number of nitrogens with zero attached hydrogens (tertiary/aromatic N) is 4. The van der Waals surface area contributed by atoms with Crippen LogP contribution in [-0.2, 0) is 11.2 Å². The summed E-state index contributed by atoms with van der Waals surface area (Å²) in [6.07, 6.45) is 0.489. The second-order valence-electron chi connectivity index (χ2n) is 10.3. The molecule has 6 rings (SSSR count). The third-order valence-corrected chi connectivity index (χ3v) is 12.3. The van der Waals surface area contributed by atoms with Gasteiger partial charge in [-0.15, -0.1) is 15.0 Å². The van der Waals surface area contributed by atoms with Crippen LogP contribution in [0.4, 0.5) is 0 Å². The Morgan fingerprint density at radius 1 is 0.682 bits per heavy atom. The van der Waals surface area contributed by atoms with E-state index >= 15 is 0 Å². The number of allylic oxidation sites excluding steroid dienone is 1. The largest absolute Gasteiger partial charge is 0.612 e. The molecule has 0 radical (unpaired) electrons. The molecular weight excluding hydrogens is 563 g/mol. The van der Waals surface area contributed by atoms with Crippen molar-refractivity contribution in [2.24, 2.45) is 0 Å². The summed E-state index contributed by atoms with van der Waals surface area (Å²) in [4.78, 5) is 1.41. The number of aromatic nitrogens is 4. The summed E-state index contributed by atoms with van der Waals surface area (Å²) < 4.78 is 5.80. The van der Waals surface area contributed by atoms with E-state index in [0.717, 1.165) is 27.0 Å². The van der Waals surface area contributed by atoms with E-state index in [9.17, 15) is 5.11 Å². The molecule has 1 atom stereocenters. The Balaban J connectivity index is 1.68. The molecule has 0 aliphatic carbocycles. The van der Waals surface area contributed by atoms with E-state index in [1.807, 2.05) is 73.7 Å². The minimum Gasteiger partial charge on any atom is -0.612 e. The quantitative estimate of drug-likeness (QED) is 0.145. The van der Waals surface area contributed by atoms with Crippen LogP contribution < -0.4 is 21.0 Å². The van der Waals surface area contributed by atoms with E-state index in [4.69, 9.17) is 9.84 Å². The molecule has 0 N–H and O–H groups in total. The molecule has 6 nitrogen and oxygen atoms in total. The van der Waals surface area contributed by atoms with Gasteiger partial charge in [-0.2, -0.15) is 0 Å². The summed E-state index contributed by atoms with van der Waals surface area (Å²) in [5.74, 6) is 0.0464. The third kappa shape index (κ3) is 5.77. The molecule has 6 aromatic rings. The van der Waals surface area contributed by atoms with E-state index in [-0.39, 0.29) is 6.61 Å². The predicted octanol–water partition coefficient (Wildman–Crippen LogP) is 5.52. The lowest BCUT2D eigenvalue weighted by Crippen LogP contribution is -2.37. The summed E-state index contributed by atoms with van der Waals surface area (Å²) in [5.41, 5.74) is 1.84. The minimum absolute atomic E-state index is 0.211. The Labute approximate surface area is 258 Å². The molecule has 218 valence electrons. The molecule has 5 aromatic carbocycles. The van der Waals surface area contributed by atoms with Crippen LogP contribution in [0.1, 0.15) is 29.5 Å². The molecule has 1 aromatic heterocycles. The van der Waals surface area contributed by atoms with Gasteiger partial charge in [0.25, 0.3) is 0 Å². The fourth-order valence-corrected chi connectivity index (χ4v) is 10.7. The van der Waals surface area contributed by atoms with Gasteiger partial charge in [0.1, 0.15) is 28.9 Å². The lowest BCUT2D eigenvalue weighted by Gasteiger charge is -2.37. The topological polar surface area (TPSA) is 75.9 Å². The molecule has 0 saturated carbocycles. The van der Waals surface area contributed by atoms with Gasteiger partial charge in [0.05, 0.1) is 5.95 Å². The number of ether oxygens (including phenoxy) is 1. The molecule has 44 heavy (non-hydrogen) atoms. The fourth-order valence-electron chi connectivity index (χ4n) is 5.79. The Bertz CT molecular complexity index is 1700. The Kier molecular flexibility index (Phi) is 8.90. The fraction of sp³-hybridized carbons (Fsp3) is 0.108. The zero-order valence-electron chi connectivity index (χ0n) is 24.5. The first-order valence-corrected chi connectivity index (χ1v) is 16.5. The van der Waals surface area contributed by atoms with E-state index in [1.54, 1.807) is 0 Å². The van der Waals surface area contributed by atoms with Crippen molar-refractivity contribution < 1.29 is 9.84 Å². The van der Waals surface area contributed by atoms with Gasteiger partial charge in [0.2, 0.25) is 0 Å². The highest BCUT2D eigenvalue weighted by atomic mass is 31.2. The first-order valence-electron chi connectivity index (χ1n) is 14.7. The van der Waals surface area contributed by atoms with Crippen LogP contribution >= 0.6 is 7.26 Å². The van der Waals surface area contributed by atoms with Crippen molar-refractivity contribution >= 4 is 28.9 Å². The van der Waals surface area contributed by atoms with Crippen molar-refractivity contribution in [1.82, 2.24) is 20.2 Å². The normalized spacial score (nSPS) is 12.8. The van der Waals surface area contributed by atoms with Gasteiger partial charge in [-0.3, -0.25) is 0 Å². The average molecular weight is 597 g/mol. The van der Waals surface area contributed by atoms with Crippen molar-refractivity contribution in [1.29, 1.82) is 0 Å². The molecule has 1 heterocycles. The van der Waals surface area contributed by atoms with Crippen LogP contribution in [0.25, 0.3) is 5.70 Å². The molecule has 0 spiro atoms. The van der Waals surface area contributed by atoms with Crippen molar-refractivity contribution in [3.05, 3.63) is 175 Å². The maximum Gasteiger partial charge on any atom is 0.179 e. The number of rotatable bonds is 11. The average Bonchev–Trinajstić information content (AvgIpc) is 3.54. The van der Waals surface area contributed by atoms with Gasteiger partial charge < -0.3 is 9.84 Å². The van der Waals surface area contributed by atoms with Gasteiger partial charge in [-0.25, -0.2) is 0 Å². The molecule has 1 unspecified atom stereocenters. The molecule has 7 heteroatoms.